The van der Waals surface area contributed by atoms with Crippen molar-refractivity contribution in [3.63, 3.8) is 0 Å². The maximum absolute atomic E-state index is 13.2. The fourth-order valence-electron chi connectivity index (χ4n) is 3.52. The molecule has 0 fully saturated rings. The molecule has 0 saturated heterocycles. The lowest BCUT2D eigenvalue weighted by molar-refractivity contribution is -0.0696. The lowest BCUT2D eigenvalue weighted by Crippen LogP contribution is -2.27. The summed E-state index contributed by atoms with van der Waals surface area (Å²) in [6, 6.07) is 6.06. The molecule has 1 aliphatic heterocycles. The minimum Gasteiger partial charge on any atom is -0.438 e. The SMILES string of the molecule is Cc1cc(C(C)N2Cc3c(ccnc3NC(=O)c3cnco3)C2=O)ccc1OC(F)(F)I. The van der Waals surface area contributed by atoms with E-state index >= 15 is 0 Å². The van der Waals surface area contributed by atoms with Gasteiger partial charge in [-0.3, -0.25) is 9.59 Å². The number of rotatable bonds is 6. The van der Waals surface area contributed by atoms with Gasteiger partial charge in [-0.2, -0.15) is 8.78 Å². The number of nitrogens with one attached hydrogen (secondary N) is 1. The van der Waals surface area contributed by atoms with Crippen molar-refractivity contribution >= 4 is 40.2 Å². The highest BCUT2D eigenvalue weighted by molar-refractivity contribution is 14.1. The number of alkyl halides is 3. The Balaban J connectivity index is 1.56. The van der Waals surface area contributed by atoms with Crippen molar-refractivity contribution in [2.45, 2.75) is 30.5 Å². The fraction of sp³-hybridized carbons (Fsp3) is 0.238. The summed E-state index contributed by atoms with van der Waals surface area (Å²) in [5.74, 6) is -0.398. The van der Waals surface area contributed by atoms with Crippen LogP contribution in [0.5, 0.6) is 5.75 Å². The average Bonchev–Trinajstić information content (AvgIpc) is 3.37. The highest BCUT2D eigenvalue weighted by atomic mass is 127. The van der Waals surface area contributed by atoms with Gasteiger partial charge in [0.2, 0.25) is 5.76 Å². The minimum atomic E-state index is -3.32. The molecule has 4 rings (SSSR count). The first-order chi connectivity index (χ1) is 15.1. The number of aromatic nitrogens is 2. The Morgan fingerprint density at radius 3 is 2.81 bits per heavy atom. The first kappa shape index (κ1) is 22.1. The van der Waals surface area contributed by atoms with Crippen LogP contribution in [-0.4, -0.2) is 30.8 Å². The van der Waals surface area contributed by atoms with Gasteiger partial charge in [0.05, 0.1) is 41.4 Å². The monoisotopic (exact) mass is 554 g/mol. The summed E-state index contributed by atoms with van der Waals surface area (Å²) in [6.07, 6.45) is 3.87. The molecular weight excluding hydrogens is 537 g/mol. The van der Waals surface area contributed by atoms with Gasteiger partial charge in [0.1, 0.15) is 11.6 Å². The van der Waals surface area contributed by atoms with Gasteiger partial charge in [-0.25, -0.2) is 9.97 Å². The number of anilines is 1. The zero-order chi connectivity index (χ0) is 23.0. The zero-order valence-electron chi connectivity index (χ0n) is 16.9. The molecular formula is C21H17F2IN4O4. The summed E-state index contributed by atoms with van der Waals surface area (Å²) >= 11 is 0.913. The molecule has 8 nitrogen and oxygen atoms in total. The Labute approximate surface area is 195 Å². The lowest BCUT2D eigenvalue weighted by Gasteiger charge is -2.25. The van der Waals surface area contributed by atoms with Crippen LogP contribution in [0.1, 0.15) is 50.6 Å². The number of hydrogen-bond donors (Lipinski definition) is 1. The summed E-state index contributed by atoms with van der Waals surface area (Å²) < 4.78 is 32.7. The largest absolute Gasteiger partial charge is 0.451 e. The number of nitrogens with zero attached hydrogens (tertiary/aromatic N) is 3. The van der Waals surface area contributed by atoms with Crippen molar-refractivity contribution in [1.82, 2.24) is 14.9 Å². The molecule has 1 atom stereocenters. The van der Waals surface area contributed by atoms with Gasteiger partial charge < -0.3 is 19.4 Å². The molecule has 2 amide bonds. The highest BCUT2D eigenvalue weighted by Gasteiger charge is 2.34. The van der Waals surface area contributed by atoms with Gasteiger partial charge in [-0.15, -0.1) is 0 Å². The Morgan fingerprint density at radius 1 is 1.38 bits per heavy atom. The minimum absolute atomic E-state index is 0.0221. The lowest BCUT2D eigenvalue weighted by atomic mass is 10.0. The molecule has 1 aliphatic rings. The molecule has 0 radical (unpaired) electrons. The molecule has 1 unspecified atom stereocenters. The van der Waals surface area contributed by atoms with E-state index in [-0.39, 0.29) is 35.8 Å². The number of carbonyl (C=O) groups excluding carboxylic acids is 2. The van der Waals surface area contributed by atoms with Crippen molar-refractivity contribution in [2.75, 3.05) is 5.32 Å². The maximum atomic E-state index is 13.2. The van der Waals surface area contributed by atoms with Crippen molar-refractivity contribution in [3.8, 4) is 5.75 Å². The van der Waals surface area contributed by atoms with Crippen molar-refractivity contribution in [2.24, 2.45) is 0 Å². The van der Waals surface area contributed by atoms with Gasteiger partial charge in [0, 0.05) is 17.3 Å². The number of amides is 2. The Hall–Kier alpha value is -3.09. The summed E-state index contributed by atoms with van der Waals surface area (Å²) in [5.41, 5.74) is 2.30. The van der Waals surface area contributed by atoms with Crippen molar-refractivity contribution < 1.29 is 27.5 Å². The predicted octanol–water partition coefficient (Wildman–Crippen LogP) is 4.71. The molecule has 0 saturated carbocycles. The van der Waals surface area contributed by atoms with E-state index in [4.69, 9.17) is 4.42 Å². The second-order valence-electron chi connectivity index (χ2n) is 7.19. The quantitative estimate of drug-likeness (QED) is 0.350. The molecule has 1 aromatic carbocycles. The summed E-state index contributed by atoms with van der Waals surface area (Å²) in [6.45, 7) is 3.72. The number of oxazole rings is 1. The third-order valence-electron chi connectivity index (χ3n) is 5.14. The third kappa shape index (κ3) is 4.42. The van der Waals surface area contributed by atoms with E-state index in [0.717, 1.165) is 34.5 Å². The van der Waals surface area contributed by atoms with Crippen LogP contribution in [0.15, 0.2) is 47.5 Å². The zero-order valence-corrected chi connectivity index (χ0v) is 19.1. The smallest absolute Gasteiger partial charge is 0.438 e. The molecule has 2 aromatic heterocycles. The number of halogens is 3. The molecule has 11 heteroatoms. The molecule has 166 valence electrons. The van der Waals surface area contributed by atoms with Crippen LogP contribution in [0.4, 0.5) is 14.6 Å². The van der Waals surface area contributed by atoms with Gasteiger partial charge in [0.15, 0.2) is 6.39 Å². The Morgan fingerprint density at radius 2 is 2.16 bits per heavy atom. The van der Waals surface area contributed by atoms with E-state index in [1.165, 1.54) is 18.5 Å². The van der Waals surface area contributed by atoms with E-state index < -0.39 is 10.0 Å². The van der Waals surface area contributed by atoms with E-state index in [2.05, 4.69) is 20.0 Å². The summed E-state index contributed by atoms with van der Waals surface area (Å²) in [5, 5.41) is 2.65. The van der Waals surface area contributed by atoms with Gasteiger partial charge >= 0.3 is 4.12 Å². The maximum Gasteiger partial charge on any atom is 0.451 e. The number of pyridine rings is 1. The number of fused-ring (bicyclic) bond motifs is 1. The van der Waals surface area contributed by atoms with Crippen LogP contribution in [0.2, 0.25) is 0 Å². The van der Waals surface area contributed by atoms with Gasteiger partial charge in [0.25, 0.3) is 11.8 Å². The molecule has 0 aliphatic carbocycles. The molecule has 3 aromatic rings. The second kappa shape index (κ2) is 8.45. The average molecular weight is 554 g/mol. The van der Waals surface area contributed by atoms with Crippen LogP contribution in [0.3, 0.4) is 0 Å². The standard InChI is InChI=1S/C21H17F2IN4O4/c1-11-7-13(3-4-16(11)32-21(22,23)24)12(2)28-9-15-14(20(28)30)5-6-26-18(15)27-19(29)17-8-25-10-31-17/h3-8,10,12H,9H2,1-2H3,(H,26,27,29). The van der Waals surface area contributed by atoms with Crippen LogP contribution in [0, 0.1) is 6.92 Å². The first-order valence-corrected chi connectivity index (χ1v) is 10.6. The topological polar surface area (TPSA) is 97.6 Å². The van der Waals surface area contributed by atoms with E-state index in [1.54, 1.807) is 30.0 Å². The van der Waals surface area contributed by atoms with Crippen LogP contribution in [0.25, 0.3) is 0 Å². The molecule has 0 spiro atoms. The molecule has 0 bridgehead atoms. The fourth-order valence-corrected chi connectivity index (χ4v) is 3.76. The number of aryl methyl sites for hydroxylation is 1. The van der Waals surface area contributed by atoms with E-state index in [1.807, 2.05) is 6.92 Å². The Bertz CT molecular complexity index is 1180. The highest BCUT2D eigenvalue weighted by Crippen LogP contribution is 2.36. The Kier molecular flexibility index (Phi) is 5.84. The van der Waals surface area contributed by atoms with Crippen LogP contribution >= 0.6 is 22.6 Å². The number of benzene rings is 1. The van der Waals surface area contributed by atoms with Gasteiger partial charge in [-0.05, 0) is 37.1 Å². The van der Waals surface area contributed by atoms with Crippen LogP contribution < -0.4 is 10.1 Å². The third-order valence-corrected chi connectivity index (χ3v) is 5.36. The number of hydrogen-bond acceptors (Lipinski definition) is 6. The van der Waals surface area contributed by atoms with Crippen LogP contribution in [-0.2, 0) is 6.54 Å². The molecule has 3 heterocycles. The number of carbonyl (C=O) groups is 2. The normalized spacial score (nSPS) is 14.3. The molecule has 32 heavy (non-hydrogen) atoms. The predicted molar refractivity (Wildman–Crippen MR) is 118 cm³/mol. The molecule has 1 N–H and O–H groups in total. The first-order valence-electron chi connectivity index (χ1n) is 9.49. The van der Waals surface area contributed by atoms with Crippen molar-refractivity contribution in [3.05, 3.63) is 71.1 Å². The van der Waals surface area contributed by atoms with E-state index in [9.17, 15) is 18.4 Å². The van der Waals surface area contributed by atoms with E-state index in [0.29, 0.717) is 16.7 Å². The summed E-state index contributed by atoms with van der Waals surface area (Å²) in [4.78, 5) is 34.9. The van der Waals surface area contributed by atoms with Crippen molar-refractivity contribution in [1.29, 1.82) is 0 Å². The summed E-state index contributed by atoms with van der Waals surface area (Å²) in [7, 11) is 0. The number of ether oxygens (including phenoxy) is 1. The van der Waals surface area contributed by atoms with Gasteiger partial charge in [-0.1, -0.05) is 12.1 Å². The second-order valence-corrected chi connectivity index (χ2v) is 8.44.